The summed E-state index contributed by atoms with van der Waals surface area (Å²) in [5.74, 6) is -0.245. The molecule has 0 fully saturated rings. The second-order valence-corrected chi connectivity index (χ2v) is 5.23. The van der Waals surface area contributed by atoms with Crippen LogP contribution in [0, 0.1) is 5.82 Å². The van der Waals surface area contributed by atoms with Gasteiger partial charge in [0, 0.05) is 9.50 Å². The summed E-state index contributed by atoms with van der Waals surface area (Å²) in [6.45, 7) is 0. The molecule has 0 saturated carbocycles. The Balaban J connectivity index is 2.48. The van der Waals surface area contributed by atoms with Crippen LogP contribution in [0.3, 0.4) is 0 Å². The largest absolute Gasteiger partial charge is 0.309 e. The molecule has 1 unspecified atom stereocenters. The molecule has 2 rings (SSSR count). The van der Waals surface area contributed by atoms with E-state index in [0.717, 1.165) is 15.6 Å². The van der Waals surface area contributed by atoms with Crippen molar-refractivity contribution in [1.29, 1.82) is 0 Å². The van der Waals surface area contributed by atoms with E-state index >= 15 is 0 Å². The summed E-state index contributed by atoms with van der Waals surface area (Å²) in [5, 5.41) is 3.83. The zero-order chi connectivity index (χ0) is 13.1. The highest BCUT2D eigenvalue weighted by molar-refractivity contribution is 9.10. The van der Waals surface area contributed by atoms with Crippen molar-refractivity contribution in [1.82, 2.24) is 5.32 Å². The van der Waals surface area contributed by atoms with Gasteiger partial charge in [0.25, 0.3) is 0 Å². The van der Waals surface area contributed by atoms with Crippen LogP contribution in [0.2, 0.25) is 5.02 Å². The van der Waals surface area contributed by atoms with Crippen LogP contribution in [-0.4, -0.2) is 7.05 Å². The molecule has 0 aliphatic carbocycles. The maximum absolute atomic E-state index is 13.3. The molecule has 0 saturated heterocycles. The van der Waals surface area contributed by atoms with Gasteiger partial charge >= 0.3 is 0 Å². The third kappa shape index (κ3) is 2.91. The van der Waals surface area contributed by atoms with Gasteiger partial charge in [-0.15, -0.1) is 0 Å². The summed E-state index contributed by atoms with van der Waals surface area (Å²) in [6.07, 6.45) is 0. The average molecular weight is 329 g/mol. The van der Waals surface area contributed by atoms with E-state index < -0.39 is 0 Å². The average Bonchev–Trinajstić information content (AvgIpc) is 2.35. The Morgan fingerprint density at radius 3 is 2.67 bits per heavy atom. The molecule has 0 aliphatic rings. The third-order valence-corrected chi connectivity index (χ3v) is 3.70. The second-order valence-electron chi connectivity index (χ2n) is 3.94. The van der Waals surface area contributed by atoms with Crippen molar-refractivity contribution in [3.63, 3.8) is 0 Å². The Morgan fingerprint density at radius 2 is 2.00 bits per heavy atom. The molecule has 2 aromatic rings. The lowest BCUT2D eigenvalue weighted by Gasteiger charge is -2.19. The van der Waals surface area contributed by atoms with Crippen LogP contribution in [-0.2, 0) is 0 Å². The first-order valence-corrected chi connectivity index (χ1v) is 6.66. The molecule has 18 heavy (non-hydrogen) atoms. The summed E-state index contributed by atoms with van der Waals surface area (Å²) >= 11 is 9.51. The smallest absolute Gasteiger partial charge is 0.123 e. The molecule has 0 heterocycles. The van der Waals surface area contributed by atoms with E-state index in [2.05, 4.69) is 21.2 Å². The minimum Gasteiger partial charge on any atom is -0.309 e. The molecule has 1 atom stereocenters. The monoisotopic (exact) mass is 327 g/mol. The second kappa shape index (κ2) is 5.83. The van der Waals surface area contributed by atoms with Crippen molar-refractivity contribution < 1.29 is 4.39 Å². The molecule has 0 bridgehead atoms. The topological polar surface area (TPSA) is 12.0 Å². The van der Waals surface area contributed by atoms with Crippen LogP contribution in [0.5, 0.6) is 0 Å². The molecule has 0 radical (unpaired) electrons. The molecule has 94 valence electrons. The highest BCUT2D eigenvalue weighted by atomic mass is 79.9. The van der Waals surface area contributed by atoms with Crippen LogP contribution in [0.15, 0.2) is 46.9 Å². The van der Waals surface area contributed by atoms with Crippen LogP contribution in [0.4, 0.5) is 4.39 Å². The predicted molar refractivity (Wildman–Crippen MR) is 76.5 cm³/mol. The first-order chi connectivity index (χ1) is 8.61. The minimum atomic E-state index is -0.245. The van der Waals surface area contributed by atoms with Crippen molar-refractivity contribution >= 4 is 27.5 Å². The molecule has 0 aromatic heterocycles. The lowest BCUT2D eigenvalue weighted by atomic mass is 9.99. The SMILES string of the molecule is CNC(c1cccc(F)c1)c1cc(Cl)ccc1Br. The maximum atomic E-state index is 13.3. The Bertz CT molecular complexity index is 559. The van der Waals surface area contributed by atoms with E-state index in [1.54, 1.807) is 6.07 Å². The van der Waals surface area contributed by atoms with E-state index in [9.17, 15) is 4.39 Å². The fourth-order valence-electron chi connectivity index (χ4n) is 1.92. The number of rotatable bonds is 3. The Hall–Kier alpha value is -0.900. The van der Waals surface area contributed by atoms with Crippen LogP contribution >= 0.6 is 27.5 Å². The van der Waals surface area contributed by atoms with Gasteiger partial charge in [-0.25, -0.2) is 4.39 Å². The molecule has 0 spiro atoms. The van der Waals surface area contributed by atoms with E-state index in [1.807, 2.05) is 31.3 Å². The molecule has 4 heteroatoms. The van der Waals surface area contributed by atoms with Gasteiger partial charge in [-0.1, -0.05) is 39.7 Å². The maximum Gasteiger partial charge on any atom is 0.123 e. The van der Waals surface area contributed by atoms with Crippen molar-refractivity contribution in [2.75, 3.05) is 7.05 Å². The van der Waals surface area contributed by atoms with E-state index in [4.69, 9.17) is 11.6 Å². The number of hydrogen-bond donors (Lipinski definition) is 1. The molecule has 2 aromatic carbocycles. The van der Waals surface area contributed by atoms with Gasteiger partial charge in [0.1, 0.15) is 5.82 Å². The zero-order valence-electron chi connectivity index (χ0n) is 9.75. The van der Waals surface area contributed by atoms with Gasteiger partial charge in [-0.2, -0.15) is 0 Å². The molecular formula is C14H12BrClFN. The Morgan fingerprint density at radius 1 is 1.22 bits per heavy atom. The normalized spacial score (nSPS) is 12.4. The fraction of sp³-hybridized carbons (Fsp3) is 0.143. The Kier molecular flexibility index (Phi) is 4.38. The standard InChI is InChI=1S/C14H12BrClFN/c1-18-14(9-3-2-4-11(17)7-9)12-8-10(16)5-6-13(12)15/h2-8,14,18H,1H3. The van der Waals surface area contributed by atoms with Crippen LogP contribution in [0.25, 0.3) is 0 Å². The molecule has 0 aliphatic heterocycles. The molecule has 1 nitrogen and oxygen atoms in total. The summed E-state index contributed by atoms with van der Waals surface area (Å²) in [6, 6.07) is 12.0. The summed E-state index contributed by atoms with van der Waals surface area (Å²) < 4.78 is 14.2. The highest BCUT2D eigenvalue weighted by Crippen LogP contribution is 2.30. The Labute approximate surface area is 119 Å². The third-order valence-electron chi connectivity index (χ3n) is 2.74. The van der Waals surface area contributed by atoms with Gasteiger partial charge in [0.15, 0.2) is 0 Å². The van der Waals surface area contributed by atoms with E-state index in [1.165, 1.54) is 12.1 Å². The van der Waals surface area contributed by atoms with E-state index in [-0.39, 0.29) is 11.9 Å². The molecule has 0 amide bonds. The quantitative estimate of drug-likeness (QED) is 0.871. The summed E-state index contributed by atoms with van der Waals surface area (Å²) in [7, 11) is 1.84. The number of hydrogen-bond acceptors (Lipinski definition) is 1. The number of benzene rings is 2. The van der Waals surface area contributed by atoms with Crippen molar-refractivity contribution in [3.8, 4) is 0 Å². The van der Waals surface area contributed by atoms with Gasteiger partial charge in [-0.05, 0) is 48.5 Å². The van der Waals surface area contributed by atoms with Gasteiger partial charge in [-0.3, -0.25) is 0 Å². The van der Waals surface area contributed by atoms with E-state index in [0.29, 0.717) is 5.02 Å². The summed E-state index contributed by atoms with van der Waals surface area (Å²) in [5.41, 5.74) is 1.84. The molecular weight excluding hydrogens is 317 g/mol. The minimum absolute atomic E-state index is 0.103. The van der Waals surface area contributed by atoms with Crippen molar-refractivity contribution in [2.45, 2.75) is 6.04 Å². The van der Waals surface area contributed by atoms with Crippen LogP contribution in [0.1, 0.15) is 17.2 Å². The summed E-state index contributed by atoms with van der Waals surface area (Å²) in [4.78, 5) is 0. The predicted octanol–water partition coefficient (Wildman–Crippen LogP) is 4.55. The first-order valence-electron chi connectivity index (χ1n) is 5.49. The first kappa shape index (κ1) is 13.5. The van der Waals surface area contributed by atoms with Crippen LogP contribution < -0.4 is 5.32 Å². The molecule has 1 N–H and O–H groups in total. The van der Waals surface area contributed by atoms with Crippen molar-refractivity contribution in [3.05, 3.63) is 68.9 Å². The van der Waals surface area contributed by atoms with Gasteiger partial charge in [0.05, 0.1) is 6.04 Å². The lowest BCUT2D eigenvalue weighted by Crippen LogP contribution is -2.18. The zero-order valence-corrected chi connectivity index (χ0v) is 12.1. The highest BCUT2D eigenvalue weighted by Gasteiger charge is 2.15. The van der Waals surface area contributed by atoms with Crippen molar-refractivity contribution in [2.24, 2.45) is 0 Å². The van der Waals surface area contributed by atoms with Gasteiger partial charge in [0.2, 0.25) is 0 Å². The fourth-order valence-corrected chi connectivity index (χ4v) is 2.58. The number of halogens is 3. The number of nitrogens with one attached hydrogen (secondary N) is 1. The lowest BCUT2D eigenvalue weighted by molar-refractivity contribution is 0.616. The van der Waals surface area contributed by atoms with Gasteiger partial charge < -0.3 is 5.32 Å².